The Morgan fingerprint density at radius 1 is 0.786 bits per heavy atom. The standard InChI is InChI=1S/C11H20O2.Ce/c1-10(2,3)8(12)7-9(13)11(4,5)6;/h7H2,1-6H3;. The first kappa shape index (κ1) is 17.1. The van der Waals surface area contributed by atoms with Crippen molar-refractivity contribution in [3.05, 3.63) is 0 Å². The number of hydrogen-bond donors (Lipinski definition) is 0. The smallest absolute Gasteiger partial charge is 0.145 e. The molecule has 0 N–H and O–H groups in total. The summed E-state index contributed by atoms with van der Waals surface area (Å²) < 4.78 is 0. The second-order valence-corrected chi connectivity index (χ2v) is 5.52. The van der Waals surface area contributed by atoms with Gasteiger partial charge in [0.05, 0.1) is 6.42 Å². The van der Waals surface area contributed by atoms with Crippen molar-refractivity contribution < 1.29 is 51.3 Å². The number of hydrogen-bond acceptors (Lipinski definition) is 2. The Labute approximate surface area is 121 Å². The molecule has 0 aromatic heterocycles. The van der Waals surface area contributed by atoms with Crippen molar-refractivity contribution in [3.8, 4) is 0 Å². The molecule has 0 aromatic carbocycles. The summed E-state index contributed by atoms with van der Waals surface area (Å²) in [6, 6.07) is 0. The zero-order chi connectivity index (χ0) is 10.9. The molecule has 0 radical (unpaired) electrons. The van der Waals surface area contributed by atoms with E-state index in [0.29, 0.717) is 0 Å². The van der Waals surface area contributed by atoms with E-state index in [1.165, 1.54) is 0 Å². The van der Waals surface area contributed by atoms with Gasteiger partial charge in [0.15, 0.2) is 0 Å². The molecule has 0 saturated carbocycles. The number of carbonyl (C=O) groups is 2. The molecule has 3 heteroatoms. The summed E-state index contributed by atoms with van der Waals surface area (Å²) in [6.45, 7) is 11.0. The normalized spacial score (nSPS) is 11.9. The predicted molar refractivity (Wildman–Crippen MR) is 53.5 cm³/mol. The van der Waals surface area contributed by atoms with Crippen LogP contribution in [-0.4, -0.2) is 11.6 Å². The summed E-state index contributed by atoms with van der Waals surface area (Å²) in [6.07, 6.45) is 0.0625. The molecule has 0 unspecified atom stereocenters. The summed E-state index contributed by atoms with van der Waals surface area (Å²) in [7, 11) is 0. The summed E-state index contributed by atoms with van der Waals surface area (Å²) in [5.41, 5.74) is -0.804. The number of Topliss-reactive ketones (excluding diaryl/α,β-unsaturated/α-hetero) is 2. The maximum atomic E-state index is 11.5. The van der Waals surface area contributed by atoms with E-state index in [2.05, 4.69) is 0 Å². The van der Waals surface area contributed by atoms with Gasteiger partial charge in [-0.1, -0.05) is 41.5 Å². The van der Waals surface area contributed by atoms with Crippen LogP contribution in [0.2, 0.25) is 0 Å². The molecule has 2 nitrogen and oxygen atoms in total. The van der Waals surface area contributed by atoms with E-state index >= 15 is 0 Å². The minimum absolute atomic E-state index is 0. The van der Waals surface area contributed by atoms with Crippen LogP contribution in [0.15, 0.2) is 0 Å². The fourth-order valence-electron chi connectivity index (χ4n) is 0.676. The predicted octanol–water partition coefficient (Wildman–Crippen LogP) is 2.61. The van der Waals surface area contributed by atoms with Crippen molar-refractivity contribution in [3.63, 3.8) is 0 Å². The second kappa shape index (κ2) is 5.71. The number of rotatable bonds is 2. The van der Waals surface area contributed by atoms with Crippen LogP contribution >= 0.6 is 0 Å². The third kappa shape index (κ3) is 6.25. The van der Waals surface area contributed by atoms with E-state index in [-0.39, 0.29) is 59.7 Å². The third-order valence-electron chi connectivity index (χ3n) is 1.99. The topological polar surface area (TPSA) is 34.1 Å². The summed E-state index contributed by atoms with van der Waals surface area (Å²) in [4.78, 5) is 23.0. The van der Waals surface area contributed by atoms with Crippen LogP contribution < -0.4 is 0 Å². The molecule has 0 saturated heterocycles. The fourth-order valence-corrected chi connectivity index (χ4v) is 0.676. The Kier molecular flexibility index (Phi) is 6.98. The molecule has 0 atom stereocenters. The molecular weight excluding hydrogens is 304 g/mol. The van der Waals surface area contributed by atoms with Gasteiger partial charge in [-0.3, -0.25) is 9.59 Å². The molecule has 0 amide bonds. The van der Waals surface area contributed by atoms with Crippen LogP contribution in [0.5, 0.6) is 0 Å². The monoisotopic (exact) mass is 324 g/mol. The SMILES string of the molecule is CC(C)(C)C(=O)CC(=O)C(C)(C)C.[Ce]. The van der Waals surface area contributed by atoms with Crippen LogP contribution in [0.4, 0.5) is 0 Å². The van der Waals surface area contributed by atoms with E-state index in [4.69, 9.17) is 0 Å². The first-order chi connectivity index (χ1) is 5.55. The maximum Gasteiger partial charge on any atom is 0.145 e. The van der Waals surface area contributed by atoms with Crippen molar-refractivity contribution in [2.45, 2.75) is 48.0 Å². The molecule has 0 aliphatic heterocycles. The average Bonchev–Trinajstić information content (AvgIpc) is 1.82. The Bertz CT molecular complexity index is 194. The molecule has 14 heavy (non-hydrogen) atoms. The molecule has 80 valence electrons. The molecule has 0 spiro atoms. The quantitative estimate of drug-likeness (QED) is 0.732. The molecule has 0 fully saturated rings. The molecule has 0 rings (SSSR count). The largest absolute Gasteiger partial charge is 0.299 e. The summed E-state index contributed by atoms with van der Waals surface area (Å²) in [5.74, 6) is 0.0415. The Morgan fingerprint density at radius 2 is 1.00 bits per heavy atom. The fraction of sp³-hybridized carbons (Fsp3) is 0.818. The Hall–Kier alpha value is 0.717. The van der Waals surface area contributed by atoms with Crippen LogP contribution in [0.1, 0.15) is 48.0 Å². The van der Waals surface area contributed by atoms with Crippen molar-refractivity contribution >= 4 is 11.6 Å². The van der Waals surface area contributed by atoms with E-state index < -0.39 is 10.8 Å². The van der Waals surface area contributed by atoms with Crippen molar-refractivity contribution in [2.75, 3.05) is 0 Å². The average molecular weight is 324 g/mol. The van der Waals surface area contributed by atoms with Gasteiger partial charge in [0.2, 0.25) is 0 Å². The Balaban J connectivity index is 0. The molecule has 0 aromatic rings. The first-order valence-electron chi connectivity index (χ1n) is 4.62. The Morgan fingerprint density at radius 3 is 1.14 bits per heavy atom. The van der Waals surface area contributed by atoms with E-state index in [9.17, 15) is 9.59 Å². The van der Waals surface area contributed by atoms with E-state index in [1.807, 2.05) is 41.5 Å². The van der Waals surface area contributed by atoms with Gasteiger partial charge in [0, 0.05) is 52.6 Å². The molecule has 0 aliphatic rings. The maximum absolute atomic E-state index is 11.5. The summed E-state index contributed by atoms with van der Waals surface area (Å²) >= 11 is 0. The van der Waals surface area contributed by atoms with Gasteiger partial charge in [-0.05, 0) is 0 Å². The molecule has 0 heterocycles. The van der Waals surface area contributed by atoms with Gasteiger partial charge in [-0.25, -0.2) is 0 Å². The van der Waals surface area contributed by atoms with Gasteiger partial charge in [-0.2, -0.15) is 0 Å². The van der Waals surface area contributed by atoms with Crippen molar-refractivity contribution in [1.29, 1.82) is 0 Å². The second-order valence-electron chi connectivity index (χ2n) is 5.52. The number of ketones is 2. The van der Waals surface area contributed by atoms with Gasteiger partial charge >= 0.3 is 0 Å². The minimum atomic E-state index is -0.402. The molecule has 0 aliphatic carbocycles. The third-order valence-corrected chi connectivity index (χ3v) is 1.99. The zero-order valence-corrected chi connectivity index (χ0v) is 13.2. The van der Waals surface area contributed by atoms with E-state index in [0.717, 1.165) is 0 Å². The minimum Gasteiger partial charge on any atom is -0.299 e. The van der Waals surface area contributed by atoms with Gasteiger partial charge in [0.1, 0.15) is 11.6 Å². The van der Waals surface area contributed by atoms with Gasteiger partial charge < -0.3 is 0 Å². The zero-order valence-electron chi connectivity index (χ0n) is 10.0. The summed E-state index contributed by atoms with van der Waals surface area (Å²) in [5, 5.41) is 0. The van der Waals surface area contributed by atoms with Crippen molar-refractivity contribution in [2.24, 2.45) is 10.8 Å². The van der Waals surface area contributed by atoms with Crippen LogP contribution in [0.3, 0.4) is 0 Å². The first-order valence-corrected chi connectivity index (χ1v) is 4.62. The van der Waals surface area contributed by atoms with Crippen molar-refractivity contribution in [1.82, 2.24) is 0 Å². The number of carbonyl (C=O) groups excluding carboxylic acids is 2. The molecule has 0 bridgehead atoms. The van der Waals surface area contributed by atoms with Crippen LogP contribution in [-0.2, 0) is 9.59 Å². The van der Waals surface area contributed by atoms with E-state index in [1.54, 1.807) is 0 Å². The van der Waals surface area contributed by atoms with Gasteiger partial charge in [0.25, 0.3) is 0 Å². The van der Waals surface area contributed by atoms with Crippen LogP contribution in [0, 0.1) is 52.6 Å². The molecular formula is C11H20CeO2. The van der Waals surface area contributed by atoms with Crippen LogP contribution in [0.25, 0.3) is 0 Å². The van der Waals surface area contributed by atoms with Gasteiger partial charge in [-0.15, -0.1) is 0 Å².